The van der Waals surface area contributed by atoms with Crippen LogP contribution in [0.2, 0.25) is 0 Å². The highest BCUT2D eigenvalue weighted by atomic mass is 16.3. The molecule has 0 spiro atoms. The van der Waals surface area contributed by atoms with Gasteiger partial charge in [-0.05, 0) is 29.8 Å². The highest BCUT2D eigenvalue weighted by Crippen LogP contribution is 2.24. The monoisotopic (exact) mass is 244 g/mol. The van der Waals surface area contributed by atoms with Crippen LogP contribution in [0.15, 0.2) is 42.5 Å². The summed E-state index contributed by atoms with van der Waals surface area (Å²) in [5.74, 6) is -0.533. The van der Waals surface area contributed by atoms with Crippen LogP contribution in [0.25, 0.3) is 0 Å². The maximum Gasteiger partial charge on any atom is 0.170 e. The maximum absolute atomic E-state index is 11.9. The van der Waals surface area contributed by atoms with E-state index in [1.807, 2.05) is 0 Å². The molecule has 0 amide bonds. The van der Waals surface area contributed by atoms with Crippen LogP contribution in [0.1, 0.15) is 15.9 Å². The number of phenols is 3. The molecular weight excluding hydrogens is 232 g/mol. The van der Waals surface area contributed by atoms with E-state index in [1.165, 1.54) is 24.3 Å². The SMILES string of the molecule is O=C(Cc1cccc(O)c1)c1ccc(O)cc1O. The van der Waals surface area contributed by atoms with Crippen molar-refractivity contribution in [2.45, 2.75) is 6.42 Å². The Morgan fingerprint density at radius 1 is 0.944 bits per heavy atom. The van der Waals surface area contributed by atoms with E-state index in [2.05, 4.69) is 0 Å². The van der Waals surface area contributed by atoms with E-state index in [1.54, 1.807) is 12.1 Å². The summed E-state index contributed by atoms with van der Waals surface area (Å²) in [4.78, 5) is 11.9. The van der Waals surface area contributed by atoms with E-state index >= 15 is 0 Å². The van der Waals surface area contributed by atoms with Gasteiger partial charge in [0.05, 0.1) is 5.56 Å². The van der Waals surface area contributed by atoms with Gasteiger partial charge in [-0.3, -0.25) is 4.79 Å². The van der Waals surface area contributed by atoms with Crippen LogP contribution in [0.5, 0.6) is 17.2 Å². The van der Waals surface area contributed by atoms with Gasteiger partial charge >= 0.3 is 0 Å². The first kappa shape index (κ1) is 12.0. The Balaban J connectivity index is 2.22. The van der Waals surface area contributed by atoms with Crippen LogP contribution >= 0.6 is 0 Å². The Hall–Kier alpha value is -2.49. The van der Waals surface area contributed by atoms with E-state index in [4.69, 9.17) is 5.11 Å². The second-order valence-corrected chi connectivity index (χ2v) is 3.97. The number of hydrogen-bond acceptors (Lipinski definition) is 4. The Labute approximate surface area is 104 Å². The number of Topliss-reactive ketones (excluding diaryl/α,β-unsaturated/α-hetero) is 1. The molecule has 0 fully saturated rings. The van der Waals surface area contributed by atoms with Crippen LogP contribution < -0.4 is 0 Å². The normalized spacial score (nSPS) is 10.2. The van der Waals surface area contributed by atoms with Crippen molar-refractivity contribution < 1.29 is 20.1 Å². The molecule has 3 N–H and O–H groups in total. The van der Waals surface area contributed by atoms with Gasteiger partial charge in [-0.25, -0.2) is 0 Å². The van der Waals surface area contributed by atoms with Crippen molar-refractivity contribution in [2.75, 3.05) is 0 Å². The summed E-state index contributed by atoms with van der Waals surface area (Å²) in [7, 11) is 0. The number of carbonyl (C=O) groups excluding carboxylic acids is 1. The van der Waals surface area contributed by atoms with Gasteiger partial charge in [0.1, 0.15) is 17.2 Å². The molecule has 0 bridgehead atoms. The van der Waals surface area contributed by atoms with E-state index in [0.29, 0.717) is 5.56 Å². The van der Waals surface area contributed by atoms with E-state index in [-0.39, 0.29) is 35.0 Å². The van der Waals surface area contributed by atoms with Gasteiger partial charge in [0.2, 0.25) is 0 Å². The molecular formula is C14H12O4. The second kappa shape index (κ2) is 4.79. The van der Waals surface area contributed by atoms with Crippen LogP contribution in [0.3, 0.4) is 0 Å². The van der Waals surface area contributed by atoms with Gasteiger partial charge < -0.3 is 15.3 Å². The summed E-state index contributed by atoms with van der Waals surface area (Å²) >= 11 is 0. The zero-order valence-electron chi connectivity index (χ0n) is 9.50. The number of benzene rings is 2. The fraction of sp³-hybridized carbons (Fsp3) is 0.0714. The fourth-order valence-corrected chi connectivity index (χ4v) is 1.70. The summed E-state index contributed by atoms with van der Waals surface area (Å²) in [6.45, 7) is 0. The molecule has 0 saturated carbocycles. The van der Waals surface area contributed by atoms with Gasteiger partial charge in [0, 0.05) is 12.5 Å². The minimum absolute atomic E-state index is 0.0761. The number of carbonyl (C=O) groups is 1. The van der Waals surface area contributed by atoms with Crippen LogP contribution in [0.4, 0.5) is 0 Å². The Morgan fingerprint density at radius 3 is 2.33 bits per heavy atom. The number of rotatable bonds is 3. The van der Waals surface area contributed by atoms with Gasteiger partial charge in [-0.15, -0.1) is 0 Å². The second-order valence-electron chi connectivity index (χ2n) is 3.97. The fourth-order valence-electron chi connectivity index (χ4n) is 1.70. The Morgan fingerprint density at radius 2 is 1.67 bits per heavy atom. The first-order chi connectivity index (χ1) is 8.56. The van der Waals surface area contributed by atoms with Crippen molar-refractivity contribution >= 4 is 5.78 Å². The lowest BCUT2D eigenvalue weighted by atomic mass is 10.0. The van der Waals surface area contributed by atoms with Crippen molar-refractivity contribution in [3.63, 3.8) is 0 Å². The molecule has 2 aromatic rings. The van der Waals surface area contributed by atoms with Gasteiger partial charge in [-0.1, -0.05) is 12.1 Å². The molecule has 0 radical (unpaired) electrons. The van der Waals surface area contributed by atoms with E-state index < -0.39 is 0 Å². The summed E-state index contributed by atoms with van der Waals surface area (Å²) in [6.07, 6.45) is 0.0761. The Bertz CT molecular complexity index is 590. The summed E-state index contributed by atoms with van der Waals surface area (Å²) in [5, 5.41) is 28.0. The van der Waals surface area contributed by atoms with Gasteiger partial charge in [0.15, 0.2) is 5.78 Å². The molecule has 2 rings (SSSR count). The molecule has 0 aromatic heterocycles. The number of ketones is 1. The molecule has 92 valence electrons. The summed E-state index contributed by atoms with van der Waals surface area (Å²) in [5.41, 5.74) is 0.809. The highest BCUT2D eigenvalue weighted by molar-refractivity contribution is 6.00. The smallest absolute Gasteiger partial charge is 0.170 e. The summed E-state index contributed by atoms with van der Waals surface area (Å²) < 4.78 is 0. The topological polar surface area (TPSA) is 77.8 Å². The van der Waals surface area contributed by atoms with E-state index in [9.17, 15) is 15.0 Å². The molecule has 18 heavy (non-hydrogen) atoms. The molecule has 0 aliphatic carbocycles. The molecule has 4 nitrogen and oxygen atoms in total. The van der Waals surface area contributed by atoms with Crippen molar-refractivity contribution in [3.8, 4) is 17.2 Å². The minimum atomic E-state index is -0.280. The third kappa shape index (κ3) is 2.60. The quantitative estimate of drug-likeness (QED) is 0.723. The zero-order valence-corrected chi connectivity index (χ0v) is 9.50. The van der Waals surface area contributed by atoms with Crippen LogP contribution in [0, 0.1) is 0 Å². The van der Waals surface area contributed by atoms with Crippen molar-refractivity contribution in [2.24, 2.45) is 0 Å². The zero-order chi connectivity index (χ0) is 13.1. The first-order valence-electron chi connectivity index (χ1n) is 5.39. The third-order valence-electron chi connectivity index (χ3n) is 2.56. The van der Waals surface area contributed by atoms with Crippen molar-refractivity contribution in [1.29, 1.82) is 0 Å². The Kier molecular flexibility index (Phi) is 3.19. The highest BCUT2D eigenvalue weighted by Gasteiger charge is 2.12. The molecule has 0 aliphatic rings. The largest absolute Gasteiger partial charge is 0.508 e. The average Bonchev–Trinajstić information content (AvgIpc) is 2.28. The summed E-state index contributed by atoms with van der Waals surface area (Å²) in [6, 6.07) is 10.2. The number of hydrogen-bond donors (Lipinski definition) is 3. The first-order valence-corrected chi connectivity index (χ1v) is 5.39. The van der Waals surface area contributed by atoms with Crippen LogP contribution in [-0.4, -0.2) is 21.1 Å². The van der Waals surface area contributed by atoms with Crippen LogP contribution in [-0.2, 0) is 6.42 Å². The molecule has 0 saturated heterocycles. The predicted molar refractivity (Wildman–Crippen MR) is 65.9 cm³/mol. The molecule has 0 atom stereocenters. The van der Waals surface area contributed by atoms with E-state index in [0.717, 1.165) is 6.07 Å². The lowest BCUT2D eigenvalue weighted by molar-refractivity contribution is 0.0990. The third-order valence-corrected chi connectivity index (χ3v) is 2.56. The lowest BCUT2D eigenvalue weighted by Gasteiger charge is -2.05. The molecule has 0 unspecified atom stereocenters. The molecule has 4 heteroatoms. The molecule has 2 aromatic carbocycles. The predicted octanol–water partition coefficient (Wildman–Crippen LogP) is 2.23. The molecule has 0 heterocycles. The number of phenolic OH excluding ortho intramolecular Hbond substituents is 3. The lowest BCUT2D eigenvalue weighted by Crippen LogP contribution is -2.03. The van der Waals surface area contributed by atoms with Gasteiger partial charge in [-0.2, -0.15) is 0 Å². The van der Waals surface area contributed by atoms with Gasteiger partial charge in [0.25, 0.3) is 0 Å². The van der Waals surface area contributed by atoms with Crippen molar-refractivity contribution in [1.82, 2.24) is 0 Å². The molecule has 0 aliphatic heterocycles. The maximum atomic E-state index is 11.9. The van der Waals surface area contributed by atoms with Crippen molar-refractivity contribution in [3.05, 3.63) is 53.6 Å². The minimum Gasteiger partial charge on any atom is -0.508 e. The standard InChI is InChI=1S/C14H12O4/c15-10-3-1-2-9(6-10)7-13(17)12-5-4-11(16)8-14(12)18/h1-6,8,15-16,18H,7H2. The number of aromatic hydroxyl groups is 3. The average molecular weight is 244 g/mol.